The highest BCUT2D eigenvalue weighted by Gasteiger charge is 2.15. The molecule has 3 aromatic rings. The summed E-state index contributed by atoms with van der Waals surface area (Å²) >= 11 is 1.24. The van der Waals surface area contributed by atoms with Crippen molar-refractivity contribution in [2.75, 3.05) is 18.2 Å². The van der Waals surface area contributed by atoms with Crippen molar-refractivity contribution in [3.8, 4) is 5.75 Å². The minimum Gasteiger partial charge on any atom is -0.497 e. The third kappa shape index (κ3) is 8.35. The van der Waals surface area contributed by atoms with E-state index in [1.807, 2.05) is 35.8 Å². The summed E-state index contributed by atoms with van der Waals surface area (Å²) in [5.41, 5.74) is 1.74. The van der Waals surface area contributed by atoms with E-state index in [1.54, 1.807) is 45.2 Å². The van der Waals surface area contributed by atoms with Crippen molar-refractivity contribution in [2.45, 2.75) is 51.5 Å². The molecule has 0 fully saturated rings. The number of benzene rings is 2. The molecule has 1 heterocycles. The Morgan fingerprint density at radius 2 is 1.81 bits per heavy atom. The van der Waals surface area contributed by atoms with E-state index in [1.165, 1.54) is 11.8 Å². The minimum atomic E-state index is -0.444. The minimum absolute atomic E-state index is 0.0998. The second-order valence-electron chi connectivity index (χ2n) is 8.32. The van der Waals surface area contributed by atoms with Gasteiger partial charge in [0.05, 0.1) is 37.5 Å². The van der Waals surface area contributed by atoms with Gasteiger partial charge < -0.3 is 24.7 Å². The molecule has 0 saturated carbocycles. The van der Waals surface area contributed by atoms with E-state index in [-0.39, 0.29) is 36.6 Å². The number of carbonyl (C=O) groups excluding carboxylic acids is 3. The lowest BCUT2D eigenvalue weighted by atomic mass is 10.1. The van der Waals surface area contributed by atoms with Crippen molar-refractivity contribution in [3.05, 3.63) is 65.5 Å². The molecule has 11 heteroatoms. The highest BCUT2D eigenvalue weighted by molar-refractivity contribution is 7.99. The molecule has 2 N–H and O–H groups in total. The molecule has 0 aliphatic heterocycles. The highest BCUT2D eigenvalue weighted by atomic mass is 32.2. The van der Waals surface area contributed by atoms with Crippen LogP contribution in [0.5, 0.6) is 5.75 Å². The summed E-state index contributed by atoms with van der Waals surface area (Å²) in [6.45, 7) is 6.30. The molecule has 0 aliphatic rings. The van der Waals surface area contributed by atoms with Crippen molar-refractivity contribution >= 4 is 35.2 Å². The van der Waals surface area contributed by atoms with Gasteiger partial charge >= 0.3 is 5.97 Å². The number of nitrogens with zero attached hydrogens (tertiary/aromatic N) is 3. The number of carbonyl (C=O) groups is 3. The zero-order chi connectivity index (χ0) is 26.8. The number of esters is 1. The fraction of sp³-hybridized carbons (Fsp3) is 0.346. The number of anilines is 1. The molecule has 0 spiro atoms. The van der Waals surface area contributed by atoms with Crippen molar-refractivity contribution in [2.24, 2.45) is 0 Å². The molecule has 10 nitrogen and oxygen atoms in total. The van der Waals surface area contributed by atoms with Crippen LogP contribution in [0.1, 0.15) is 42.5 Å². The molecule has 3 rings (SSSR count). The standard InChI is InChI=1S/C26H31N5O5S/c1-5-31-22(15-27-23(32)13-18-9-11-21(35-4)12-10-18)29-30-26(31)37-16-24(33)28-20-8-6-7-19(14-20)25(34)36-17(2)3/h6-12,14,17H,5,13,15-16H2,1-4H3,(H,27,32)(H,28,33). The Bertz CT molecular complexity index is 1230. The van der Waals surface area contributed by atoms with E-state index in [2.05, 4.69) is 20.8 Å². The number of nitrogens with one attached hydrogen (secondary N) is 2. The van der Waals surface area contributed by atoms with Gasteiger partial charge in [-0.25, -0.2) is 4.79 Å². The average Bonchev–Trinajstić information content (AvgIpc) is 3.28. The van der Waals surface area contributed by atoms with E-state index in [0.29, 0.717) is 28.8 Å². The lowest BCUT2D eigenvalue weighted by Gasteiger charge is -2.10. The molecule has 2 aromatic carbocycles. The van der Waals surface area contributed by atoms with E-state index in [4.69, 9.17) is 9.47 Å². The first kappa shape index (κ1) is 27.7. The Kier molecular flexibility index (Phi) is 10.1. The molecule has 0 aliphatic carbocycles. The van der Waals surface area contributed by atoms with Crippen LogP contribution in [0.4, 0.5) is 5.69 Å². The zero-order valence-corrected chi connectivity index (χ0v) is 22.1. The molecule has 0 bridgehead atoms. The molecular weight excluding hydrogens is 494 g/mol. The number of hydrogen-bond donors (Lipinski definition) is 2. The molecule has 0 radical (unpaired) electrons. The Balaban J connectivity index is 1.51. The van der Waals surface area contributed by atoms with Gasteiger partial charge in [-0.15, -0.1) is 10.2 Å². The molecule has 2 amide bonds. The van der Waals surface area contributed by atoms with Crippen molar-refractivity contribution < 1.29 is 23.9 Å². The van der Waals surface area contributed by atoms with Crippen molar-refractivity contribution in [1.82, 2.24) is 20.1 Å². The van der Waals surface area contributed by atoms with Gasteiger partial charge in [-0.05, 0) is 56.7 Å². The van der Waals surface area contributed by atoms with E-state index >= 15 is 0 Å². The van der Waals surface area contributed by atoms with Crippen LogP contribution >= 0.6 is 11.8 Å². The van der Waals surface area contributed by atoms with Gasteiger partial charge in [0.2, 0.25) is 11.8 Å². The summed E-state index contributed by atoms with van der Waals surface area (Å²) in [7, 11) is 1.59. The topological polar surface area (TPSA) is 124 Å². The van der Waals surface area contributed by atoms with Crippen LogP contribution < -0.4 is 15.4 Å². The first-order valence-corrected chi connectivity index (χ1v) is 12.8. The fourth-order valence-electron chi connectivity index (χ4n) is 3.38. The summed E-state index contributed by atoms with van der Waals surface area (Å²) in [4.78, 5) is 37.0. The van der Waals surface area contributed by atoms with Crippen LogP contribution in [-0.2, 0) is 33.8 Å². The number of hydrogen-bond acceptors (Lipinski definition) is 8. The second kappa shape index (κ2) is 13.4. The molecule has 0 saturated heterocycles. The first-order chi connectivity index (χ1) is 17.8. The number of thioether (sulfide) groups is 1. The zero-order valence-electron chi connectivity index (χ0n) is 21.3. The number of ether oxygens (including phenoxy) is 2. The molecule has 196 valence electrons. The van der Waals surface area contributed by atoms with Gasteiger partial charge in [-0.2, -0.15) is 0 Å². The smallest absolute Gasteiger partial charge is 0.338 e. The molecule has 1 aromatic heterocycles. The molecular formula is C26H31N5O5S. The summed E-state index contributed by atoms with van der Waals surface area (Å²) in [6, 6.07) is 13.9. The quantitative estimate of drug-likeness (QED) is 0.272. The maximum Gasteiger partial charge on any atom is 0.338 e. The summed E-state index contributed by atoms with van der Waals surface area (Å²) in [5, 5.41) is 14.6. The Morgan fingerprint density at radius 1 is 1.05 bits per heavy atom. The Hall–Kier alpha value is -3.86. The first-order valence-electron chi connectivity index (χ1n) is 11.8. The van der Waals surface area contributed by atoms with Gasteiger partial charge in [-0.3, -0.25) is 9.59 Å². The van der Waals surface area contributed by atoms with Crippen LogP contribution in [0.3, 0.4) is 0 Å². The summed E-state index contributed by atoms with van der Waals surface area (Å²) in [6.07, 6.45) is 0.00681. The lowest BCUT2D eigenvalue weighted by Crippen LogP contribution is -2.26. The van der Waals surface area contributed by atoms with E-state index < -0.39 is 5.97 Å². The normalized spacial score (nSPS) is 10.7. The van der Waals surface area contributed by atoms with Crippen LogP contribution in [0.25, 0.3) is 0 Å². The monoisotopic (exact) mass is 525 g/mol. The average molecular weight is 526 g/mol. The SMILES string of the molecule is CCn1c(CNC(=O)Cc2ccc(OC)cc2)nnc1SCC(=O)Nc1cccc(C(=O)OC(C)C)c1. The number of aromatic nitrogens is 3. The Morgan fingerprint density at radius 3 is 2.49 bits per heavy atom. The maximum absolute atomic E-state index is 12.5. The van der Waals surface area contributed by atoms with Gasteiger partial charge in [0.15, 0.2) is 11.0 Å². The molecule has 37 heavy (non-hydrogen) atoms. The van der Waals surface area contributed by atoms with E-state index in [9.17, 15) is 14.4 Å². The van der Waals surface area contributed by atoms with Crippen LogP contribution in [0.2, 0.25) is 0 Å². The summed E-state index contributed by atoms with van der Waals surface area (Å²) < 4.78 is 12.2. The number of amides is 2. The second-order valence-corrected chi connectivity index (χ2v) is 9.26. The number of rotatable bonds is 12. The fourth-order valence-corrected chi connectivity index (χ4v) is 4.20. The van der Waals surface area contributed by atoms with Crippen LogP contribution in [0.15, 0.2) is 53.7 Å². The van der Waals surface area contributed by atoms with Gasteiger partial charge in [-0.1, -0.05) is 30.0 Å². The molecule has 0 unspecified atom stereocenters. The van der Waals surface area contributed by atoms with Crippen molar-refractivity contribution in [1.29, 1.82) is 0 Å². The maximum atomic E-state index is 12.5. The largest absolute Gasteiger partial charge is 0.497 e. The molecule has 0 atom stereocenters. The van der Waals surface area contributed by atoms with E-state index in [0.717, 1.165) is 11.3 Å². The van der Waals surface area contributed by atoms with Gasteiger partial charge in [0, 0.05) is 12.2 Å². The predicted molar refractivity (Wildman–Crippen MR) is 141 cm³/mol. The third-order valence-corrected chi connectivity index (χ3v) is 6.10. The summed E-state index contributed by atoms with van der Waals surface area (Å²) in [5.74, 6) is 0.606. The number of methoxy groups -OCH3 is 1. The third-order valence-electron chi connectivity index (χ3n) is 5.13. The van der Waals surface area contributed by atoms with Gasteiger partial charge in [0.1, 0.15) is 5.75 Å². The van der Waals surface area contributed by atoms with Crippen LogP contribution in [0, 0.1) is 0 Å². The van der Waals surface area contributed by atoms with Crippen LogP contribution in [-0.4, -0.2) is 51.5 Å². The lowest BCUT2D eigenvalue weighted by molar-refractivity contribution is -0.120. The highest BCUT2D eigenvalue weighted by Crippen LogP contribution is 2.19. The Labute approximate surface area is 220 Å². The van der Waals surface area contributed by atoms with Crippen molar-refractivity contribution in [3.63, 3.8) is 0 Å². The predicted octanol–water partition coefficient (Wildman–Crippen LogP) is 3.46. The van der Waals surface area contributed by atoms with Gasteiger partial charge in [0.25, 0.3) is 0 Å².